The number of methoxy groups -OCH3 is 1. The van der Waals surface area contributed by atoms with Crippen LogP contribution >= 0.6 is 12.4 Å². The van der Waals surface area contributed by atoms with Crippen LogP contribution in [0.3, 0.4) is 0 Å². The van der Waals surface area contributed by atoms with Gasteiger partial charge in [0, 0.05) is 0 Å². The zero-order valence-corrected chi connectivity index (χ0v) is 10.1. The van der Waals surface area contributed by atoms with Gasteiger partial charge < -0.3 is 4.74 Å². The highest BCUT2D eigenvalue weighted by Gasteiger charge is 2.36. The lowest BCUT2D eigenvalue weighted by atomic mass is 9.93. The maximum Gasteiger partial charge on any atom is 0.334 e. The number of amides is 1. The van der Waals surface area contributed by atoms with Crippen molar-refractivity contribution in [2.75, 3.05) is 7.11 Å². The fraction of sp³-hybridized carbons (Fsp3) is 0.273. The quantitative estimate of drug-likeness (QED) is 0.453. The molecule has 0 spiro atoms. The molecule has 0 aromatic heterocycles. The number of hydrazine groups is 1. The first-order chi connectivity index (χ1) is 7.65. The second-order valence-electron chi connectivity index (χ2n) is 3.60. The minimum Gasteiger partial charge on any atom is -0.467 e. The summed E-state index contributed by atoms with van der Waals surface area (Å²) < 4.78 is 4.65. The third kappa shape index (κ3) is 2.25. The first-order valence-electron chi connectivity index (χ1n) is 4.87. The molecule has 2 rings (SSSR count). The maximum absolute atomic E-state index is 11.6. The Morgan fingerprint density at radius 1 is 1.47 bits per heavy atom. The van der Waals surface area contributed by atoms with Crippen LogP contribution in [-0.2, 0) is 20.7 Å². The van der Waals surface area contributed by atoms with Crippen molar-refractivity contribution in [3.63, 3.8) is 0 Å². The standard InChI is InChI=1S/C11H12N2O3.ClH/c1-16-11(15)10-8-5-3-2-4-7(8)6-9(14)13(10)12;/h2-5,10H,6,12H2,1H3;1H. The first kappa shape index (κ1) is 13.5. The van der Waals surface area contributed by atoms with E-state index in [9.17, 15) is 9.59 Å². The number of fused-ring (bicyclic) bond motifs is 1. The van der Waals surface area contributed by atoms with E-state index in [-0.39, 0.29) is 24.7 Å². The molecule has 0 aliphatic carbocycles. The van der Waals surface area contributed by atoms with Crippen LogP contribution in [0.4, 0.5) is 0 Å². The van der Waals surface area contributed by atoms with Crippen LogP contribution in [-0.4, -0.2) is 24.0 Å². The molecule has 1 aliphatic rings. The second kappa shape index (κ2) is 5.16. The Morgan fingerprint density at radius 2 is 2.12 bits per heavy atom. The van der Waals surface area contributed by atoms with E-state index in [1.807, 2.05) is 12.1 Å². The predicted octanol–water partition coefficient (Wildman–Crippen LogP) is 0.581. The molecule has 2 N–H and O–H groups in total. The van der Waals surface area contributed by atoms with E-state index in [2.05, 4.69) is 4.74 Å². The molecule has 0 bridgehead atoms. The molecule has 17 heavy (non-hydrogen) atoms. The largest absolute Gasteiger partial charge is 0.467 e. The Labute approximate surface area is 105 Å². The number of benzene rings is 1. The van der Waals surface area contributed by atoms with Crippen LogP contribution in [0, 0.1) is 0 Å². The van der Waals surface area contributed by atoms with E-state index in [1.54, 1.807) is 12.1 Å². The van der Waals surface area contributed by atoms with Gasteiger partial charge in [-0.15, -0.1) is 12.4 Å². The summed E-state index contributed by atoms with van der Waals surface area (Å²) in [6.45, 7) is 0. The minimum absolute atomic E-state index is 0. The van der Waals surface area contributed by atoms with Crippen LogP contribution in [0.2, 0.25) is 0 Å². The molecule has 92 valence electrons. The van der Waals surface area contributed by atoms with Gasteiger partial charge in [-0.25, -0.2) is 10.6 Å². The van der Waals surface area contributed by atoms with Gasteiger partial charge in [0.05, 0.1) is 13.5 Å². The number of halogens is 1. The highest BCUT2D eigenvalue weighted by molar-refractivity contribution is 5.89. The Kier molecular flexibility index (Phi) is 4.09. The van der Waals surface area contributed by atoms with Crippen LogP contribution in [0.5, 0.6) is 0 Å². The summed E-state index contributed by atoms with van der Waals surface area (Å²) in [7, 11) is 1.28. The molecule has 1 aromatic carbocycles. The monoisotopic (exact) mass is 256 g/mol. The molecule has 1 aromatic rings. The number of carbonyl (C=O) groups excluding carboxylic acids is 2. The maximum atomic E-state index is 11.6. The van der Waals surface area contributed by atoms with Gasteiger partial charge in [-0.1, -0.05) is 24.3 Å². The van der Waals surface area contributed by atoms with E-state index in [4.69, 9.17) is 5.84 Å². The lowest BCUT2D eigenvalue weighted by Gasteiger charge is -2.31. The molecule has 1 atom stereocenters. The molecule has 5 nitrogen and oxygen atoms in total. The second-order valence-corrected chi connectivity index (χ2v) is 3.60. The molecular weight excluding hydrogens is 244 g/mol. The van der Waals surface area contributed by atoms with Gasteiger partial charge in [0.1, 0.15) is 0 Å². The molecule has 0 radical (unpaired) electrons. The van der Waals surface area contributed by atoms with E-state index >= 15 is 0 Å². The lowest BCUT2D eigenvalue weighted by molar-refractivity contribution is -0.154. The lowest BCUT2D eigenvalue weighted by Crippen LogP contribution is -2.48. The fourth-order valence-electron chi connectivity index (χ4n) is 1.86. The Bertz CT molecular complexity index is 450. The Hall–Kier alpha value is -1.59. The van der Waals surface area contributed by atoms with E-state index in [0.717, 1.165) is 16.1 Å². The smallest absolute Gasteiger partial charge is 0.334 e. The van der Waals surface area contributed by atoms with Gasteiger partial charge in [0.25, 0.3) is 0 Å². The molecule has 6 heteroatoms. The van der Waals surface area contributed by atoms with Crippen LogP contribution in [0.25, 0.3) is 0 Å². The fourth-order valence-corrected chi connectivity index (χ4v) is 1.86. The third-order valence-electron chi connectivity index (χ3n) is 2.68. The van der Waals surface area contributed by atoms with Gasteiger partial charge in [-0.05, 0) is 11.1 Å². The summed E-state index contributed by atoms with van der Waals surface area (Å²) in [5, 5.41) is 0.939. The number of rotatable bonds is 1. The average Bonchev–Trinajstić information content (AvgIpc) is 2.30. The highest BCUT2D eigenvalue weighted by atomic mass is 35.5. The van der Waals surface area contributed by atoms with Crippen LogP contribution < -0.4 is 5.84 Å². The van der Waals surface area contributed by atoms with E-state index < -0.39 is 12.0 Å². The molecule has 1 unspecified atom stereocenters. The van der Waals surface area contributed by atoms with Crippen molar-refractivity contribution >= 4 is 24.3 Å². The SMILES string of the molecule is COC(=O)C1c2ccccc2CC(=O)N1N.Cl. The number of nitrogens with zero attached hydrogens (tertiary/aromatic N) is 1. The summed E-state index contributed by atoms with van der Waals surface area (Å²) in [6, 6.07) is 6.40. The van der Waals surface area contributed by atoms with Gasteiger partial charge in [-0.2, -0.15) is 0 Å². The van der Waals surface area contributed by atoms with Crippen molar-refractivity contribution in [2.24, 2.45) is 5.84 Å². The number of nitrogens with two attached hydrogens (primary N) is 1. The van der Waals surface area contributed by atoms with E-state index in [0.29, 0.717) is 0 Å². The zero-order chi connectivity index (χ0) is 11.7. The normalized spacial score (nSPS) is 18.1. The summed E-state index contributed by atoms with van der Waals surface area (Å²) in [4.78, 5) is 23.2. The average molecular weight is 257 g/mol. The Morgan fingerprint density at radius 3 is 2.76 bits per heavy atom. The summed E-state index contributed by atoms with van der Waals surface area (Å²) in [5.41, 5.74) is 1.56. The molecular formula is C11H13ClN2O3. The zero-order valence-electron chi connectivity index (χ0n) is 9.25. The summed E-state index contributed by atoms with van der Waals surface area (Å²) in [6.07, 6.45) is 0.222. The summed E-state index contributed by atoms with van der Waals surface area (Å²) in [5.74, 6) is 4.79. The van der Waals surface area contributed by atoms with Crippen molar-refractivity contribution in [2.45, 2.75) is 12.5 Å². The van der Waals surface area contributed by atoms with Crippen molar-refractivity contribution in [1.29, 1.82) is 0 Å². The van der Waals surface area contributed by atoms with Crippen molar-refractivity contribution in [3.05, 3.63) is 35.4 Å². The topological polar surface area (TPSA) is 72.6 Å². The highest BCUT2D eigenvalue weighted by Crippen LogP contribution is 2.28. The number of ether oxygens (including phenoxy) is 1. The van der Waals surface area contributed by atoms with Crippen molar-refractivity contribution in [3.8, 4) is 0 Å². The molecule has 0 fully saturated rings. The number of hydrogen-bond donors (Lipinski definition) is 1. The van der Waals surface area contributed by atoms with Crippen molar-refractivity contribution in [1.82, 2.24) is 5.01 Å². The van der Waals surface area contributed by atoms with Crippen molar-refractivity contribution < 1.29 is 14.3 Å². The first-order valence-corrected chi connectivity index (χ1v) is 4.87. The molecule has 1 amide bonds. The van der Waals surface area contributed by atoms with E-state index in [1.165, 1.54) is 7.11 Å². The minimum atomic E-state index is -0.831. The number of esters is 1. The van der Waals surface area contributed by atoms with Gasteiger partial charge in [-0.3, -0.25) is 9.80 Å². The number of carbonyl (C=O) groups is 2. The number of hydrogen-bond acceptors (Lipinski definition) is 4. The molecule has 0 saturated carbocycles. The van der Waals surface area contributed by atoms with Crippen LogP contribution in [0.1, 0.15) is 17.2 Å². The third-order valence-corrected chi connectivity index (χ3v) is 2.68. The van der Waals surface area contributed by atoms with Gasteiger partial charge in [0.2, 0.25) is 5.91 Å². The molecule has 0 saturated heterocycles. The Balaban J connectivity index is 0.00000144. The van der Waals surface area contributed by atoms with Gasteiger partial charge in [0.15, 0.2) is 6.04 Å². The predicted molar refractivity (Wildman–Crippen MR) is 63.2 cm³/mol. The van der Waals surface area contributed by atoms with Gasteiger partial charge >= 0.3 is 5.97 Å². The molecule has 1 heterocycles. The molecule has 1 aliphatic heterocycles. The summed E-state index contributed by atoms with van der Waals surface area (Å²) >= 11 is 0. The van der Waals surface area contributed by atoms with Crippen LogP contribution in [0.15, 0.2) is 24.3 Å².